The second kappa shape index (κ2) is 3.92. The molecular weight excluding hydrogens is 214 g/mol. The third-order valence-corrected chi connectivity index (χ3v) is 3.09. The lowest BCUT2D eigenvalue weighted by Gasteiger charge is -2.23. The van der Waals surface area contributed by atoms with Gasteiger partial charge in [0, 0.05) is 24.5 Å². The summed E-state index contributed by atoms with van der Waals surface area (Å²) in [6, 6.07) is 3.85. The van der Waals surface area contributed by atoms with Crippen molar-refractivity contribution in [2.24, 2.45) is 11.7 Å². The van der Waals surface area contributed by atoms with Gasteiger partial charge in [0.25, 0.3) is 0 Å². The van der Waals surface area contributed by atoms with Gasteiger partial charge in [0.05, 0.1) is 6.04 Å². The number of aromatic nitrogens is 4. The molecule has 0 amide bonds. The molecule has 17 heavy (non-hydrogen) atoms. The number of fused-ring (bicyclic) bond motifs is 1. The van der Waals surface area contributed by atoms with E-state index >= 15 is 0 Å². The van der Waals surface area contributed by atoms with E-state index < -0.39 is 0 Å². The molecule has 3 heterocycles. The molecule has 1 aliphatic heterocycles. The molecule has 88 valence electrons. The van der Waals surface area contributed by atoms with Crippen LogP contribution in [0.5, 0.6) is 0 Å². The summed E-state index contributed by atoms with van der Waals surface area (Å²) in [6.07, 6.45) is 4.49. The standard InChI is InChI=1S/C12H15N5/c1-8-5-10(13)12-15-11(16-17(12)7-8)9-3-2-4-14-6-9/h2-4,6,8,10H,5,7,13H2,1H3. The first-order valence-corrected chi connectivity index (χ1v) is 5.85. The molecular formula is C12H15N5. The van der Waals surface area contributed by atoms with Crippen LogP contribution in [0.2, 0.25) is 0 Å². The Morgan fingerprint density at radius 2 is 2.35 bits per heavy atom. The highest BCUT2D eigenvalue weighted by Crippen LogP contribution is 2.27. The minimum atomic E-state index is -0.00308. The quantitative estimate of drug-likeness (QED) is 0.802. The fraction of sp³-hybridized carbons (Fsp3) is 0.417. The molecule has 2 atom stereocenters. The molecule has 2 aromatic heterocycles. The largest absolute Gasteiger partial charge is 0.321 e. The molecule has 0 bridgehead atoms. The Bertz CT molecular complexity index is 519. The molecule has 1 aliphatic rings. The van der Waals surface area contributed by atoms with Gasteiger partial charge in [-0.25, -0.2) is 9.67 Å². The van der Waals surface area contributed by atoms with Gasteiger partial charge in [-0.15, -0.1) is 0 Å². The summed E-state index contributed by atoms with van der Waals surface area (Å²) < 4.78 is 1.93. The monoisotopic (exact) mass is 229 g/mol. The van der Waals surface area contributed by atoms with E-state index in [1.165, 1.54) is 0 Å². The van der Waals surface area contributed by atoms with E-state index in [-0.39, 0.29) is 6.04 Å². The highest BCUT2D eigenvalue weighted by Gasteiger charge is 2.25. The van der Waals surface area contributed by atoms with E-state index in [9.17, 15) is 0 Å². The molecule has 2 N–H and O–H groups in total. The molecule has 2 aromatic rings. The van der Waals surface area contributed by atoms with Crippen molar-refractivity contribution in [3.05, 3.63) is 30.4 Å². The van der Waals surface area contributed by atoms with Crippen LogP contribution < -0.4 is 5.73 Å². The van der Waals surface area contributed by atoms with Crippen molar-refractivity contribution in [3.63, 3.8) is 0 Å². The summed E-state index contributed by atoms with van der Waals surface area (Å²) in [5.41, 5.74) is 7.03. The van der Waals surface area contributed by atoms with Crippen LogP contribution in [0.15, 0.2) is 24.5 Å². The third kappa shape index (κ3) is 1.82. The van der Waals surface area contributed by atoms with Crippen molar-refractivity contribution >= 4 is 0 Å². The van der Waals surface area contributed by atoms with Crippen LogP contribution in [-0.4, -0.2) is 19.7 Å². The van der Waals surface area contributed by atoms with Crippen molar-refractivity contribution in [2.45, 2.75) is 25.9 Å². The van der Waals surface area contributed by atoms with Gasteiger partial charge in [-0.1, -0.05) is 6.92 Å². The zero-order valence-corrected chi connectivity index (χ0v) is 9.74. The summed E-state index contributed by atoms with van der Waals surface area (Å²) in [6.45, 7) is 3.09. The molecule has 0 radical (unpaired) electrons. The summed E-state index contributed by atoms with van der Waals surface area (Å²) in [5.74, 6) is 2.17. The van der Waals surface area contributed by atoms with Crippen LogP contribution in [-0.2, 0) is 6.54 Å². The molecule has 5 nitrogen and oxygen atoms in total. The number of nitrogens with two attached hydrogens (primary N) is 1. The summed E-state index contributed by atoms with van der Waals surface area (Å²) in [5, 5.41) is 4.51. The summed E-state index contributed by atoms with van der Waals surface area (Å²) in [7, 11) is 0. The highest BCUT2D eigenvalue weighted by molar-refractivity contribution is 5.52. The fourth-order valence-corrected chi connectivity index (χ4v) is 2.29. The van der Waals surface area contributed by atoms with Gasteiger partial charge < -0.3 is 5.73 Å². The predicted molar refractivity (Wildman–Crippen MR) is 64.0 cm³/mol. The van der Waals surface area contributed by atoms with Crippen LogP contribution in [0.3, 0.4) is 0 Å². The Morgan fingerprint density at radius 1 is 1.47 bits per heavy atom. The zero-order chi connectivity index (χ0) is 11.8. The van der Waals surface area contributed by atoms with E-state index in [1.54, 1.807) is 12.4 Å². The normalized spacial score (nSPS) is 23.4. The smallest absolute Gasteiger partial charge is 0.183 e. The van der Waals surface area contributed by atoms with Gasteiger partial charge in [-0.2, -0.15) is 5.10 Å². The number of hydrogen-bond acceptors (Lipinski definition) is 4. The molecule has 5 heteroatoms. The van der Waals surface area contributed by atoms with Crippen LogP contribution in [0.25, 0.3) is 11.4 Å². The zero-order valence-electron chi connectivity index (χ0n) is 9.74. The Balaban J connectivity index is 2.03. The predicted octanol–water partition coefficient (Wildman–Crippen LogP) is 1.38. The van der Waals surface area contributed by atoms with Crippen molar-refractivity contribution in [2.75, 3.05) is 0 Å². The number of pyridine rings is 1. The van der Waals surface area contributed by atoms with Gasteiger partial charge in [-0.3, -0.25) is 4.98 Å². The van der Waals surface area contributed by atoms with Crippen molar-refractivity contribution in [3.8, 4) is 11.4 Å². The maximum Gasteiger partial charge on any atom is 0.183 e. The summed E-state index contributed by atoms with van der Waals surface area (Å²) >= 11 is 0. The maximum atomic E-state index is 6.09. The van der Waals surface area contributed by atoms with Crippen molar-refractivity contribution < 1.29 is 0 Å². The van der Waals surface area contributed by atoms with E-state index in [1.807, 2.05) is 16.8 Å². The Labute approximate surface area is 99.7 Å². The SMILES string of the molecule is CC1CC(N)c2nc(-c3cccnc3)nn2C1. The van der Waals surface area contributed by atoms with Crippen LogP contribution >= 0.6 is 0 Å². The molecule has 0 aliphatic carbocycles. The lowest BCUT2D eigenvalue weighted by molar-refractivity contribution is 0.325. The van der Waals surface area contributed by atoms with E-state index in [2.05, 4.69) is 22.0 Å². The lowest BCUT2D eigenvalue weighted by Crippen LogP contribution is -2.27. The Hall–Kier alpha value is -1.75. The van der Waals surface area contributed by atoms with Crippen molar-refractivity contribution in [1.82, 2.24) is 19.7 Å². The molecule has 0 spiro atoms. The van der Waals surface area contributed by atoms with Crippen molar-refractivity contribution in [1.29, 1.82) is 0 Å². The minimum Gasteiger partial charge on any atom is -0.321 e. The molecule has 2 unspecified atom stereocenters. The van der Waals surface area contributed by atoms with Gasteiger partial charge in [-0.05, 0) is 24.5 Å². The lowest BCUT2D eigenvalue weighted by atomic mass is 9.98. The summed E-state index contributed by atoms with van der Waals surface area (Å²) in [4.78, 5) is 8.60. The van der Waals surface area contributed by atoms with Crippen LogP contribution in [0.4, 0.5) is 0 Å². The maximum absolute atomic E-state index is 6.09. The molecule has 0 aromatic carbocycles. The highest BCUT2D eigenvalue weighted by atomic mass is 15.4. The average molecular weight is 229 g/mol. The molecule has 0 saturated heterocycles. The van der Waals surface area contributed by atoms with Gasteiger partial charge in [0.15, 0.2) is 5.82 Å². The minimum absolute atomic E-state index is 0.00308. The third-order valence-electron chi connectivity index (χ3n) is 3.09. The van der Waals surface area contributed by atoms with E-state index in [0.29, 0.717) is 5.92 Å². The number of rotatable bonds is 1. The van der Waals surface area contributed by atoms with Gasteiger partial charge in [0.2, 0.25) is 0 Å². The van der Waals surface area contributed by atoms with Crippen LogP contribution in [0.1, 0.15) is 25.2 Å². The Morgan fingerprint density at radius 3 is 3.12 bits per heavy atom. The van der Waals surface area contributed by atoms with E-state index in [0.717, 1.165) is 30.2 Å². The van der Waals surface area contributed by atoms with Gasteiger partial charge in [0.1, 0.15) is 5.82 Å². The first-order chi connectivity index (χ1) is 8.24. The second-order valence-electron chi connectivity index (χ2n) is 4.66. The molecule has 3 rings (SSSR count). The first kappa shape index (κ1) is 10.4. The molecule has 0 saturated carbocycles. The van der Waals surface area contributed by atoms with Gasteiger partial charge >= 0.3 is 0 Å². The number of nitrogens with zero attached hydrogens (tertiary/aromatic N) is 4. The Kier molecular flexibility index (Phi) is 2.40. The fourth-order valence-electron chi connectivity index (χ4n) is 2.29. The second-order valence-corrected chi connectivity index (χ2v) is 4.66. The first-order valence-electron chi connectivity index (χ1n) is 5.85. The molecule has 0 fully saturated rings. The number of hydrogen-bond donors (Lipinski definition) is 1. The van der Waals surface area contributed by atoms with Crippen LogP contribution in [0, 0.1) is 5.92 Å². The van der Waals surface area contributed by atoms with E-state index in [4.69, 9.17) is 5.73 Å². The topological polar surface area (TPSA) is 69.6 Å². The average Bonchev–Trinajstić information content (AvgIpc) is 2.74.